The van der Waals surface area contributed by atoms with E-state index in [1.807, 2.05) is 19.1 Å². The molecule has 1 aromatic rings. The Kier molecular flexibility index (Phi) is 4.19. The average Bonchev–Trinajstić information content (AvgIpc) is 2.17. The van der Waals surface area contributed by atoms with Crippen molar-refractivity contribution < 1.29 is 8.42 Å². The molecule has 0 atom stereocenters. The summed E-state index contributed by atoms with van der Waals surface area (Å²) in [6.07, 6.45) is 1.65. The molecule has 0 aliphatic heterocycles. The highest BCUT2D eigenvalue weighted by atomic mass is 32.2. The van der Waals surface area contributed by atoms with Crippen molar-refractivity contribution in [3.63, 3.8) is 0 Å². The molecule has 5 nitrogen and oxygen atoms in total. The summed E-state index contributed by atoms with van der Waals surface area (Å²) in [4.78, 5) is 4.07. The van der Waals surface area contributed by atoms with Crippen LogP contribution in [-0.2, 0) is 16.6 Å². The van der Waals surface area contributed by atoms with E-state index in [1.165, 1.54) is 0 Å². The third-order valence-corrected chi connectivity index (χ3v) is 3.21. The number of aromatic nitrogens is 1. The number of hydrogen-bond acceptors (Lipinski definition) is 4. The molecule has 0 unspecified atom stereocenters. The Morgan fingerprint density at radius 2 is 2.20 bits per heavy atom. The molecule has 0 fully saturated rings. The van der Waals surface area contributed by atoms with Gasteiger partial charge in [0, 0.05) is 25.0 Å². The Morgan fingerprint density at radius 1 is 1.47 bits per heavy atom. The molecule has 0 saturated carbocycles. The fourth-order valence-corrected chi connectivity index (χ4v) is 1.86. The van der Waals surface area contributed by atoms with Crippen molar-refractivity contribution in [1.82, 2.24) is 9.71 Å². The number of aryl methyl sites for hydroxylation is 1. The molecular weight excluding hydrogens is 214 g/mol. The van der Waals surface area contributed by atoms with Crippen LogP contribution in [-0.4, -0.2) is 25.7 Å². The molecule has 0 aliphatic carbocycles. The first kappa shape index (κ1) is 12.1. The minimum absolute atomic E-state index is 0.0493. The Labute approximate surface area is 89.8 Å². The Morgan fingerprint density at radius 3 is 2.73 bits per heavy atom. The van der Waals surface area contributed by atoms with Crippen molar-refractivity contribution in [3.8, 4) is 0 Å². The highest BCUT2D eigenvalue weighted by molar-refractivity contribution is 7.89. The van der Waals surface area contributed by atoms with Crippen molar-refractivity contribution in [2.45, 2.75) is 13.5 Å². The lowest BCUT2D eigenvalue weighted by Crippen LogP contribution is -2.29. The maximum absolute atomic E-state index is 11.3. The molecule has 1 heterocycles. The quantitative estimate of drug-likeness (QED) is 0.730. The SMILES string of the molecule is Cc1ccc(CNS(=O)(=O)CCN)cn1. The van der Waals surface area contributed by atoms with E-state index in [2.05, 4.69) is 9.71 Å². The van der Waals surface area contributed by atoms with Crippen molar-refractivity contribution in [2.24, 2.45) is 5.73 Å². The van der Waals surface area contributed by atoms with Crippen LogP contribution < -0.4 is 10.5 Å². The number of rotatable bonds is 5. The average molecular weight is 229 g/mol. The van der Waals surface area contributed by atoms with Crippen LogP contribution in [0.2, 0.25) is 0 Å². The monoisotopic (exact) mass is 229 g/mol. The van der Waals surface area contributed by atoms with Crippen LogP contribution in [0.15, 0.2) is 18.3 Å². The standard InChI is InChI=1S/C9H15N3O2S/c1-8-2-3-9(6-11-8)7-12-15(13,14)5-4-10/h2-3,6,12H,4-5,7,10H2,1H3. The molecule has 15 heavy (non-hydrogen) atoms. The van der Waals surface area contributed by atoms with Crippen molar-refractivity contribution in [2.75, 3.05) is 12.3 Å². The molecule has 0 spiro atoms. The summed E-state index contributed by atoms with van der Waals surface area (Å²) in [7, 11) is -3.24. The van der Waals surface area contributed by atoms with Gasteiger partial charge in [-0.2, -0.15) is 0 Å². The van der Waals surface area contributed by atoms with Crippen molar-refractivity contribution in [1.29, 1.82) is 0 Å². The number of pyridine rings is 1. The first-order valence-corrected chi connectivity index (χ1v) is 6.27. The molecule has 0 radical (unpaired) electrons. The Balaban J connectivity index is 2.54. The lowest BCUT2D eigenvalue weighted by Gasteiger charge is -2.05. The van der Waals surface area contributed by atoms with Gasteiger partial charge in [0.2, 0.25) is 10.0 Å². The van der Waals surface area contributed by atoms with Crippen LogP contribution >= 0.6 is 0 Å². The van der Waals surface area contributed by atoms with E-state index in [-0.39, 0.29) is 18.8 Å². The molecule has 0 aromatic carbocycles. The van der Waals surface area contributed by atoms with Gasteiger partial charge in [-0.15, -0.1) is 0 Å². The third-order valence-electron chi connectivity index (χ3n) is 1.86. The number of nitrogens with one attached hydrogen (secondary N) is 1. The van der Waals surface area contributed by atoms with E-state index in [1.54, 1.807) is 6.20 Å². The van der Waals surface area contributed by atoms with Crippen LogP contribution in [0, 0.1) is 6.92 Å². The predicted octanol–water partition coefficient (Wildman–Crippen LogP) is -0.232. The van der Waals surface area contributed by atoms with E-state index in [0.717, 1.165) is 11.3 Å². The lowest BCUT2D eigenvalue weighted by atomic mass is 10.2. The van der Waals surface area contributed by atoms with Gasteiger partial charge in [-0.1, -0.05) is 6.07 Å². The van der Waals surface area contributed by atoms with E-state index in [9.17, 15) is 8.42 Å². The van der Waals surface area contributed by atoms with Crippen LogP contribution in [0.25, 0.3) is 0 Å². The van der Waals surface area contributed by atoms with Gasteiger partial charge in [0.15, 0.2) is 0 Å². The fraction of sp³-hybridized carbons (Fsp3) is 0.444. The zero-order valence-corrected chi connectivity index (χ0v) is 9.42. The van der Waals surface area contributed by atoms with E-state index < -0.39 is 10.0 Å². The normalized spacial score (nSPS) is 11.6. The predicted molar refractivity (Wildman–Crippen MR) is 58.7 cm³/mol. The molecule has 1 rings (SSSR count). The first-order chi connectivity index (χ1) is 7.03. The summed E-state index contributed by atoms with van der Waals surface area (Å²) in [5.41, 5.74) is 6.91. The molecule has 0 amide bonds. The molecule has 84 valence electrons. The highest BCUT2D eigenvalue weighted by Crippen LogP contribution is 1.99. The van der Waals surface area contributed by atoms with E-state index in [4.69, 9.17) is 5.73 Å². The van der Waals surface area contributed by atoms with Gasteiger partial charge in [0.1, 0.15) is 0 Å². The zero-order valence-electron chi connectivity index (χ0n) is 8.60. The smallest absolute Gasteiger partial charge is 0.213 e. The topological polar surface area (TPSA) is 85.1 Å². The van der Waals surface area contributed by atoms with Gasteiger partial charge >= 0.3 is 0 Å². The van der Waals surface area contributed by atoms with Gasteiger partial charge in [0.25, 0.3) is 0 Å². The second-order valence-corrected chi connectivity index (χ2v) is 5.16. The first-order valence-electron chi connectivity index (χ1n) is 4.62. The molecular formula is C9H15N3O2S. The lowest BCUT2D eigenvalue weighted by molar-refractivity contribution is 0.581. The minimum Gasteiger partial charge on any atom is -0.329 e. The summed E-state index contributed by atoms with van der Waals surface area (Å²) in [5.74, 6) is -0.0493. The molecule has 0 saturated heterocycles. The highest BCUT2D eigenvalue weighted by Gasteiger charge is 2.07. The molecule has 3 N–H and O–H groups in total. The van der Waals surface area contributed by atoms with Gasteiger partial charge < -0.3 is 5.73 Å². The Bertz CT molecular complexity index is 400. The van der Waals surface area contributed by atoms with Crippen LogP contribution in [0.1, 0.15) is 11.3 Å². The molecule has 6 heteroatoms. The van der Waals surface area contributed by atoms with Crippen LogP contribution in [0.4, 0.5) is 0 Å². The molecule has 1 aromatic heterocycles. The second-order valence-electron chi connectivity index (χ2n) is 3.24. The molecule has 0 aliphatic rings. The summed E-state index contributed by atoms with van der Waals surface area (Å²) in [6, 6.07) is 3.68. The Hall–Kier alpha value is -0.980. The van der Waals surface area contributed by atoms with Gasteiger partial charge in [-0.05, 0) is 18.6 Å². The zero-order chi connectivity index (χ0) is 11.3. The summed E-state index contributed by atoms with van der Waals surface area (Å²) in [5, 5.41) is 0. The van der Waals surface area contributed by atoms with Gasteiger partial charge in [-0.3, -0.25) is 4.98 Å². The summed E-state index contributed by atoms with van der Waals surface area (Å²) >= 11 is 0. The molecule has 0 bridgehead atoms. The maximum Gasteiger partial charge on any atom is 0.213 e. The number of nitrogens with two attached hydrogens (primary N) is 1. The third kappa shape index (κ3) is 4.37. The van der Waals surface area contributed by atoms with Crippen molar-refractivity contribution in [3.05, 3.63) is 29.6 Å². The van der Waals surface area contributed by atoms with E-state index >= 15 is 0 Å². The fourth-order valence-electron chi connectivity index (χ4n) is 1.02. The number of hydrogen-bond donors (Lipinski definition) is 2. The van der Waals surface area contributed by atoms with Gasteiger partial charge in [-0.25, -0.2) is 13.1 Å². The number of sulfonamides is 1. The van der Waals surface area contributed by atoms with Crippen LogP contribution in [0.3, 0.4) is 0 Å². The maximum atomic E-state index is 11.3. The van der Waals surface area contributed by atoms with E-state index in [0.29, 0.717) is 0 Å². The van der Waals surface area contributed by atoms with Crippen molar-refractivity contribution >= 4 is 10.0 Å². The minimum atomic E-state index is -3.24. The van der Waals surface area contributed by atoms with Gasteiger partial charge in [0.05, 0.1) is 5.75 Å². The largest absolute Gasteiger partial charge is 0.329 e. The number of nitrogens with zero attached hydrogens (tertiary/aromatic N) is 1. The summed E-state index contributed by atoms with van der Waals surface area (Å²) < 4.78 is 25.0. The second kappa shape index (κ2) is 5.20. The van der Waals surface area contributed by atoms with Crippen LogP contribution in [0.5, 0.6) is 0 Å². The summed E-state index contributed by atoms with van der Waals surface area (Å²) in [6.45, 7) is 2.26.